The van der Waals surface area contributed by atoms with Crippen LogP contribution < -0.4 is 5.56 Å². The van der Waals surface area contributed by atoms with Crippen molar-refractivity contribution in [2.24, 2.45) is 0 Å². The van der Waals surface area contributed by atoms with E-state index < -0.39 is 36.7 Å². The predicted molar refractivity (Wildman–Crippen MR) is 68.1 cm³/mol. The first kappa shape index (κ1) is 13.7. The standard InChI is InChI=1S/C12H12N4O5/c13-1-5-2-16(10-7(5)11(20)15-4-14-10)12-9(19)8(18)6(3-17)21-12/h2,4,6,8-9,12,17-19H,3H2,(H,14,15,20)/t6-,8-,9-,12-/m1/s1. The maximum Gasteiger partial charge on any atom is 0.261 e. The Labute approximate surface area is 117 Å². The second-order valence-electron chi connectivity index (χ2n) is 4.72. The highest BCUT2D eigenvalue weighted by Gasteiger charge is 2.44. The lowest BCUT2D eigenvalue weighted by Gasteiger charge is -2.16. The van der Waals surface area contributed by atoms with E-state index >= 15 is 0 Å². The molecule has 4 N–H and O–H groups in total. The molecule has 0 aromatic carbocycles. The molecule has 1 aliphatic rings. The molecule has 9 nitrogen and oxygen atoms in total. The van der Waals surface area contributed by atoms with Crippen molar-refractivity contribution in [2.45, 2.75) is 24.5 Å². The Morgan fingerprint density at radius 2 is 2.24 bits per heavy atom. The van der Waals surface area contributed by atoms with E-state index in [1.807, 2.05) is 6.07 Å². The van der Waals surface area contributed by atoms with Gasteiger partial charge < -0.3 is 29.6 Å². The first-order valence-electron chi connectivity index (χ1n) is 6.19. The first-order chi connectivity index (χ1) is 10.1. The van der Waals surface area contributed by atoms with Crippen LogP contribution in [0.4, 0.5) is 0 Å². The fourth-order valence-corrected chi connectivity index (χ4v) is 2.48. The van der Waals surface area contributed by atoms with E-state index in [1.54, 1.807) is 0 Å². The van der Waals surface area contributed by atoms with E-state index in [-0.39, 0.29) is 16.6 Å². The third-order valence-electron chi connectivity index (χ3n) is 3.53. The monoisotopic (exact) mass is 292 g/mol. The molecule has 21 heavy (non-hydrogen) atoms. The zero-order valence-electron chi connectivity index (χ0n) is 10.7. The largest absolute Gasteiger partial charge is 0.394 e. The highest BCUT2D eigenvalue weighted by atomic mass is 16.6. The van der Waals surface area contributed by atoms with Crippen LogP contribution in [0.1, 0.15) is 11.8 Å². The van der Waals surface area contributed by atoms with Gasteiger partial charge in [-0.25, -0.2) is 4.98 Å². The van der Waals surface area contributed by atoms with Crippen LogP contribution in [0, 0.1) is 11.3 Å². The summed E-state index contributed by atoms with van der Waals surface area (Å²) in [5.74, 6) is 0. The van der Waals surface area contributed by atoms with Crippen molar-refractivity contribution in [1.29, 1.82) is 5.26 Å². The van der Waals surface area contributed by atoms with Crippen LogP contribution in [0.3, 0.4) is 0 Å². The maximum absolute atomic E-state index is 11.8. The van der Waals surface area contributed by atoms with Gasteiger partial charge in [0.2, 0.25) is 0 Å². The molecule has 4 atom stereocenters. The van der Waals surface area contributed by atoms with E-state index in [1.165, 1.54) is 17.1 Å². The molecule has 0 spiro atoms. The highest BCUT2D eigenvalue weighted by Crippen LogP contribution is 2.32. The van der Waals surface area contributed by atoms with Crippen LogP contribution in [0.2, 0.25) is 0 Å². The van der Waals surface area contributed by atoms with Crippen molar-refractivity contribution in [1.82, 2.24) is 14.5 Å². The smallest absolute Gasteiger partial charge is 0.261 e. The van der Waals surface area contributed by atoms with Crippen LogP contribution in [0.5, 0.6) is 0 Å². The number of ether oxygens (including phenoxy) is 1. The highest BCUT2D eigenvalue weighted by molar-refractivity contribution is 5.82. The van der Waals surface area contributed by atoms with Crippen molar-refractivity contribution < 1.29 is 20.1 Å². The fourth-order valence-electron chi connectivity index (χ4n) is 2.48. The number of nitrogens with one attached hydrogen (secondary N) is 1. The lowest BCUT2D eigenvalue weighted by molar-refractivity contribution is -0.0508. The van der Waals surface area contributed by atoms with Crippen molar-refractivity contribution in [2.75, 3.05) is 6.61 Å². The molecule has 1 aliphatic heterocycles. The number of aromatic nitrogens is 3. The summed E-state index contributed by atoms with van der Waals surface area (Å²) in [5.41, 5.74) is -0.246. The summed E-state index contributed by atoms with van der Waals surface area (Å²) in [4.78, 5) is 18.2. The normalized spacial score (nSPS) is 28.9. The Kier molecular flexibility index (Phi) is 3.23. The van der Waals surface area contributed by atoms with E-state index in [4.69, 9.17) is 15.1 Å². The Hall–Kier alpha value is -2.25. The molecule has 0 bridgehead atoms. The molecular formula is C12H12N4O5. The summed E-state index contributed by atoms with van der Waals surface area (Å²) in [6.45, 7) is -0.465. The van der Waals surface area contributed by atoms with Gasteiger partial charge in [-0.3, -0.25) is 4.79 Å². The van der Waals surface area contributed by atoms with Gasteiger partial charge in [-0.1, -0.05) is 0 Å². The van der Waals surface area contributed by atoms with Gasteiger partial charge in [-0.05, 0) is 0 Å². The van der Waals surface area contributed by atoms with Crippen LogP contribution in [0.25, 0.3) is 11.0 Å². The maximum atomic E-state index is 11.8. The number of nitriles is 1. The summed E-state index contributed by atoms with van der Waals surface area (Å²) in [6.07, 6.45) is -2.09. The van der Waals surface area contributed by atoms with Gasteiger partial charge in [0.15, 0.2) is 11.9 Å². The average Bonchev–Trinajstić information content (AvgIpc) is 2.99. The summed E-state index contributed by atoms with van der Waals surface area (Å²) >= 11 is 0. The Morgan fingerprint density at radius 3 is 2.86 bits per heavy atom. The molecule has 2 aromatic heterocycles. The first-order valence-corrected chi connectivity index (χ1v) is 6.19. The fraction of sp³-hybridized carbons (Fsp3) is 0.417. The van der Waals surface area contributed by atoms with Gasteiger partial charge in [0.05, 0.1) is 18.5 Å². The number of aliphatic hydroxyl groups is 3. The van der Waals surface area contributed by atoms with E-state index in [0.717, 1.165) is 0 Å². The van der Waals surface area contributed by atoms with E-state index in [9.17, 15) is 15.0 Å². The molecule has 3 rings (SSSR count). The second-order valence-corrected chi connectivity index (χ2v) is 4.72. The van der Waals surface area contributed by atoms with Crippen LogP contribution in [-0.2, 0) is 4.74 Å². The summed E-state index contributed by atoms with van der Waals surface area (Å²) in [5, 5.41) is 38.1. The second kappa shape index (κ2) is 4.94. The summed E-state index contributed by atoms with van der Waals surface area (Å²) < 4.78 is 6.69. The number of hydrogen-bond donors (Lipinski definition) is 4. The van der Waals surface area contributed by atoms with Gasteiger partial charge >= 0.3 is 0 Å². The summed E-state index contributed by atoms with van der Waals surface area (Å²) in [7, 11) is 0. The topological polar surface area (TPSA) is 144 Å². The number of hydrogen-bond acceptors (Lipinski definition) is 7. The van der Waals surface area contributed by atoms with Gasteiger partial charge in [0.25, 0.3) is 5.56 Å². The van der Waals surface area contributed by atoms with Gasteiger partial charge in [-0.15, -0.1) is 0 Å². The SMILES string of the molecule is N#Cc1cn([C@@H]2O[C@H](CO)[C@@H](O)[C@H]2O)c2nc[nH]c(=O)c12. The zero-order chi connectivity index (χ0) is 15.1. The molecule has 9 heteroatoms. The van der Waals surface area contributed by atoms with Crippen molar-refractivity contribution in [3.63, 3.8) is 0 Å². The molecular weight excluding hydrogens is 280 g/mol. The predicted octanol–water partition coefficient (Wildman–Crippen LogP) is -1.79. The number of fused-ring (bicyclic) bond motifs is 1. The van der Waals surface area contributed by atoms with Gasteiger partial charge in [-0.2, -0.15) is 5.26 Å². The molecule has 1 fully saturated rings. The molecule has 110 valence electrons. The molecule has 2 aromatic rings. The zero-order valence-corrected chi connectivity index (χ0v) is 10.7. The minimum absolute atomic E-state index is 0.0806. The molecule has 0 radical (unpaired) electrons. The van der Waals surface area contributed by atoms with Gasteiger partial charge in [0.1, 0.15) is 29.8 Å². The van der Waals surface area contributed by atoms with Crippen molar-refractivity contribution in [3.8, 4) is 6.07 Å². The lowest BCUT2D eigenvalue weighted by atomic mass is 10.1. The minimum atomic E-state index is -1.31. The quantitative estimate of drug-likeness (QED) is 0.511. The summed E-state index contributed by atoms with van der Waals surface area (Å²) in [6, 6.07) is 1.88. The molecule has 0 amide bonds. The molecule has 1 saturated heterocycles. The average molecular weight is 292 g/mol. The minimum Gasteiger partial charge on any atom is -0.394 e. The Morgan fingerprint density at radius 1 is 1.48 bits per heavy atom. The van der Waals surface area contributed by atoms with E-state index in [0.29, 0.717) is 0 Å². The van der Waals surface area contributed by atoms with Crippen LogP contribution in [0.15, 0.2) is 17.3 Å². The molecule has 0 unspecified atom stereocenters. The Bertz CT molecular complexity index is 776. The van der Waals surface area contributed by atoms with Gasteiger partial charge in [0, 0.05) is 6.20 Å². The number of nitrogens with zero attached hydrogens (tertiary/aromatic N) is 3. The number of aliphatic hydroxyl groups excluding tert-OH is 3. The number of aromatic amines is 1. The third-order valence-corrected chi connectivity index (χ3v) is 3.53. The molecule has 3 heterocycles. The number of rotatable bonds is 2. The Balaban J connectivity index is 2.17. The van der Waals surface area contributed by atoms with Crippen LogP contribution in [-0.4, -0.2) is 54.8 Å². The van der Waals surface area contributed by atoms with E-state index in [2.05, 4.69) is 9.97 Å². The molecule has 0 saturated carbocycles. The lowest BCUT2D eigenvalue weighted by Crippen LogP contribution is -2.33. The number of H-pyrrole nitrogens is 1. The van der Waals surface area contributed by atoms with Crippen molar-refractivity contribution >= 4 is 11.0 Å². The van der Waals surface area contributed by atoms with Crippen LogP contribution >= 0.6 is 0 Å². The third kappa shape index (κ3) is 1.93. The van der Waals surface area contributed by atoms with Crippen molar-refractivity contribution in [3.05, 3.63) is 28.4 Å². The molecule has 0 aliphatic carbocycles.